The molecular formula is C20H34N2O4SSi. The van der Waals surface area contributed by atoms with Gasteiger partial charge in [-0.15, -0.1) is 11.3 Å². The van der Waals surface area contributed by atoms with Gasteiger partial charge in [-0.1, -0.05) is 20.8 Å². The van der Waals surface area contributed by atoms with E-state index < -0.39 is 9.76 Å². The maximum atomic E-state index is 12.4. The summed E-state index contributed by atoms with van der Waals surface area (Å²) in [5.41, 5.74) is 0.0582. The molecular weight excluding hydrogens is 392 g/mol. The Morgan fingerprint density at radius 2 is 2.07 bits per heavy atom. The Morgan fingerprint density at radius 1 is 1.36 bits per heavy atom. The number of thiazole rings is 1. The number of esters is 1. The Bertz CT molecular complexity index is 684. The number of ether oxygens (including phenoxy) is 1. The largest absolute Gasteiger partial charge is 0.461 e. The van der Waals surface area contributed by atoms with Crippen molar-refractivity contribution >= 4 is 33.0 Å². The van der Waals surface area contributed by atoms with E-state index in [0.717, 1.165) is 24.3 Å². The number of hydrogen-bond donors (Lipinski definition) is 0. The van der Waals surface area contributed by atoms with E-state index in [-0.39, 0.29) is 28.6 Å². The summed E-state index contributed by atoms with van der Waals surface area (Å²) in [6, 6.07) is 0.126. The highest BCUT2D eigenvalue weighted by atomic mass is 32.1. The fraction of sp³-hybridized carbons (Fsp3) is 0.750. The molecule has 2 rings (SSSR count). The maximum absolute atomic E-state index is 12.4. The Balaban J connectivity index is 1.91. The van der Waals surface area contributed by atoms with Crippen LogP contribution in [0.2, 0.25) is 5.04 Å². The van der Waals surface area contributed by atoms with Crippen molar-refractivity contribution in [3.8, 4) is 0 Å². The van der Waals surface area contributed by atoms with Crippen LogP contribution in [0.3, 0.4) is 0 Å². The predicted molar refractivity (Wildman–Crippen MR) is 115 cm³/mol. The van der Waals surface area contributed by atoms with Gasteiger partial charge in [-0.05, 0) is 38.7 Å². The topological polar surface area (TPSA) is 68.7 Å². The fourth-order valence-electron chi connectivity index (χ4n) is 3.36. The van der Waals surface area contributed by atoms with Gasteiger partial charge in [0.2, 0.25) is 5.91 Å². The van der Waals surface area contributed by atoms with Crippen LogP contribution in [-0.4, -0.2) is 56.3 Å². The molecule has 1 aromatic rings. The molecule has 0 N–H and O–H groups in total. The standard InChI is InChI=1S/C20H34N2O4SSi/c1-7-25-18(24)14-13-27-16(21-14)9-8-12-22-15(10-11-17(22)23)20(5,6)26-28-19(2,3)4/h13,15H,7-12,28H2,1-6H3/t15-/m1/s1. The number of carbonyl (C=O) groups is 2. The summed E-state index contributed by atoms with van der Waals surface area (Å²) in [4.78, 5) is 30.5. The van der Waals surface area contributed by atoms with Crippen molar-refractivity contribution in [2.24, 2.45) is 0 Å². The minimum absolute atomic E-state index is 0.126. The second kappa shape index (κ2) is 9.50. The van der Waals surface area contributed by atoms with Crippen LogP contribution < -0.4 is 0 Å². The number of hydrogen-bond acceptors (Lipinski definition) is 6. The molecule has 1 saturated heterocycles. The van der Waals surface area contributed by atoms with E-state index in [4.69, 9.17) is 9.16 Å². The first kappa shape index (κ1) is 23.0. The van der Waals surface area contributed by atoms with Gasteiger partial charge < -0.3 is 14.1 Å². The third-order valence-corrected chi connectivity index (χ3v) is 7.50. The van der Waals surface area contributed by atoms with Gasteiger partial charge in [0.05, 0.1) is 23.3 Å². The summed E-state index contributed by atoms with van der Waals surface area (Å²) in [5.74, 6) is -0.160. The number of aromatic nitrogens is 1. The van der Waals surface area contributed by atoms with Crippen LogP contribution in [0.25, 0.3) is 0 Å². The third kappa shape index (κ3) is 6.39. The van der Waals surface area contributed by atoms with E-state index in [9.17, 15) is 9.59 Å². The fourth-order valence-corrected chi connectivity index (χ4v) is 5.17. The molecule has 0 bridgehead atoms. The zero-order chi connectivity index (χ0) is 20.9. The number of carbonyl (C=O) groups excluding carboxylic acids is 2. The van der Waals surface area contributed by atoms with Crippen LogP contribution in [0.15, 0.2) is 5.38 Å². The van der Waals surface area contributed by atoms with E-state index in [1.807, 2.05) is 4.90 Å². The molecule has 28 heavy (non-hydrogen) atoms. The Labute approximate surface area is 174 Å². The molecule has 2 heterocycles. The van der Waals surface area contributed by atoms with Gasteiger partial charge >= 0.3 is 5.97 Å². The average molecular weight is 427 g/mol. The Morgan fingerprint density at radius 3 is 2.71 bits per heavy atom. The van der Waals surface area contributed by atoms with E-state index >= 15 is 0 Å². The van der Waals surface area contributed by atoms with Crippen LogP contribution in [0.1, 0.15) is 76.3 Å². The van der Waals surface area contributed by atoms with Crippen LogP contribution >= 0.6 is 11.3 Å². The smallest absolute Gasteiger partial charge is 0.357 e. The van der Waals surface area contributed by atoms with Crippen LogP contribution in [-0.2, 0) is 20.4 Å². The van der Waals surface area contributed by atoms with Crippen LogP contribution in [0.5, 0.6) is 0 Å². The quantitative estimate of drug-likeness (QED) is 0.447. The Kier molecular flexibility index (Phi) is 7.81. The van der Waals surface area contributed by atoms with Crippen molar-refractivity contribution in [2.45, 2.75) is 83.9 Å². The van der Waals surface area contributed by atoms with Crippen LogP contribution in [0.4, 0.5) is 0 Å². The monoisotopic (exact) mass is 426 g/mol. The summed E-state index contributed by atoms with van der Waals surface area (Å²) < 4.78 is 11.3. The molecule has 1 atom stereocenters. The van der Waals surface area contributed by atoms with Gasteiger partial charge in [-0.25, -0.2) is 9.78 Å². The van der Waals surface area contributed by atoms with Crippen LogP contribution in [0, 0.1) is 0 Å². The number of likely N-dealkylation sites (tertiary alicyclic amines) is 1. The third-order valence-electron chi connectivity index (χ3n) is 4.83. The molecule has 1 fully saturated rings. The highest BCUT2D eigenvalue weighted by Gasteiger charge is 2.41. The van der Waals surface area contributed by atoms with Gasteiger partial charge in [-0.3, -0.25) is 4.79 Å². The van der Waals surface area contributed by atoms with Crippen molar-refractivity contribution in [1.29, 1.82) is 0 Å². The lowest BCUT2D eigenvalue weighted by Gasteiger charge is -2.39. The first-order valence-electron chi connectivity index (χ1n) is 10.1. The number of amides is 1. The molecule has 0 unspecified atom stereocenters. The number of nitrogens with zero attached hydrogens (tertiary/aromatic N) is 2. The molecule has 158 valence electrons. The zero-order valence-corrected chi connectivity index (χ0v) is 20.3. The van der Waals surface area contributed by atoms with Crippen molar-refractivity contribution < 1.29 is 18.8 Å². The second-order valence-electron chi connectivity index (χ2n) is 9.04. The lowest BCUT2D eigenvalue weighted by atomic mass is 9.96. The van der Waals surface area contributed by atoms with E-state index in [1.165, 1.54) is 11.3 Å². The van der Waals surface area contributed by atoms with Gasteiger partial charge in [0.25, 0.3) is 0 Å². The van der Waals surface area contributed by atoms with E-state index in [1.54, 1.807) is 12.3 Å². The highest BCUT2D eigenvalue weighted by Crippen LogP contribution is 2.33. The van der Waals surface area contributed by atoms with E-state index in [2.05, 4.69) is 39.6 Å². The minimum Gasteiger partial charge on any atom is -0.461 e. The normalized spacial score (nSPS) is 18.4. The summed E-state index contributed by atoms with van der Waals surface area (Å²) in [6.07, 6.45) is 3.02. The molecule has 1 aromatic heterocycles. The van der Waals surface area contributed by atoms with E-state index in [0.29, 0.717) is 25.3 Å². The molecule has 0 aliphatic carbocycles. The first-order valence-corrected chi connectivity index (χ1v) is 12.2. The van der Waals surface area contributed by atoms with Crippen molar-refractivity contribution in [3.63, 3.8) is 0 Å². The number of aryl methyl sites for hydroxylation is 1. The van der Waals surface area contributed by atoms with Gasteiger partial charge in [0, 0.05) is 24.8 Å². The second-order valence-corrected chi connectivity index (χ2v) is 12.7. The summed E-state index contributed by atoms with van der Waals surface area (Å²) >= 11 is 1.47. The van der Waals surface area contributed by atoms with Crippen molar-refractivity contribution in [1.82, 2.24) is 9.88 Å². The summed E-state index contributed by atoms with van der Waals surface area (Å²) in [6.45, 7) is 13.7. The summed E-state index contributed by atoms with van der Waals surface area (Å²) in [7, 11) is -0.688. The molecule has 0 radical (unpaired) electrons. The molecule has 1 aliphatic heterocycles. The lowest BCUT2D eigenvalue weighted by molar-refractivity contribution is -0.131. The molecule has 6 nitrogen and oxygen atoms in total. The lowest BCUT2D eigenvalue weighted by Crippen LogP contribution is -2.50. The van der Waals surface area contributed by atoms with Gasteiger partial charge in [-0.2, -0.15) is 0 Å². The van der Waals surface area contributed by atoms with Gasteiger partial charge in [0.15, 0.2) is 15.5 Å². The summed E-state index contributed by atoms with van der Waals surface area (Å²) in [5, 5.41) is 2.87. The highest BCUT2D eigenvalue weighted by molar-refractivity contribution is 7.09. The Hall–Kier alpha value is -1.25. The van der Waals surface area contributed by atoms with Crippen molar-refractivity contribution in [3.05, 3.63) is 16.1 Å². The average Bonchev–Trinajstić information content (AvgIpc) is 3.21. The molecule has 0 spiro atoms. The number of rotatable bonds is 9. The predicted octanol–water partition coefficient (Wildman–Crippen LogP) is 3.34. The zero-order valence-electron chi connectivity index (χ0n) is 18.0. The molecule has 1 aliphatic rings. The molecule has 1 amide bonds. The molecule has 8 heteroatoms. The molecule has 0 aromatic carbocycles. The van der Waals surface area contributed by atoms with Gasteiger partial charge in [0.1, 0.15) is 0 Å². The van der Waals surface area contributed by atoms with Crippen molar-refractivity contribution in [2.75, 3.05) is 13.2 Å². The minimum atomic E-state index is -0.688. The SMILES string of the molecule is CCOC(=O)c1csc(CCCN2C(=O)CC[C@@H]2C(C)(C)O[SiH2]C(C)(C)C)n1. The molecule has 0 saturated carbocycles. The first-order chi connectivity index (χ1) is 13.0. The maximum Gasteiger partial charge on any atom is 0.357 e.